The topological polar surface area (TPSA) is 192 Å². The Kier molecular flexibility index (Phi) is 8.99. The highest BCUT2D eigenvalue weighted by Crippen LogP contribution is 2.22. The SMILES string of the molecule is Cc1cc(C)c(S(=O)(=O)N[C@@H](CNC(=O)C2=NOC(CCCC(=O)Nc3ncc[nH]3)C2)C(=O)O)c(C)c1. The van der Waals surface area contributed by atoms with Crippen LogP contribution in [0.25, 0.3) is 0 Å². The Morgan fingerprint density at radius 2 is 1.92 bits per heavy atom. The molecule has 2 atom stereocenters. The van der Waals surface area contributed by atoms with Gasteiger partial charge in [-0.25, -0.2) is 13.4 Å². The van der Waals surface area contributed by atoms with Crippen LogP contribution in [0.2, 0.25) is 0 Å². The number of nitrogens with one attached hydrogen (secondary N) is 4. The van der Waals surface area contributed by atoms with E-state index in [0.717, 1.165) is 5.56 Å². The van der Waals surface area contributed by atoms with Gasteiger partial charge in [-0.3, -0.25) is 19.7 Å². The number of aromatic amines is 1. The first kappa shape index (κ1) is 27.8. The Morgan fingerprint density at radius 3 is 2.54 bits per heavy atom. The Morgan fingerprint density at radius 1 is 1.22 bits per heavy atom. The van der Waals surface area contributed by atoms with Gasteiger partial charge >= 0.3 is 5.97 Å². The van der Waals surface area contributed by atoms with Crippen molar-refractivity contribution in [2.45, 2.75) is 63.5 Å². The van der Waals surface area contributed by atoms with Crippen molar-refractivity contribution in [2.24, 2.45) is 5.16 Å². The molecule has 1 unspecified atom stereocenters. The number of aryl methyl sites for hydroxylation is 3. The summed E-state index contributed by atoms with van der Waals surface area (Å²) in [4.78, 5) is 48.0. The van der Waals surface area contributed by atoms with Crippen molar-refractivity contribution in [2.75, 3.05) is 11.9 Å². The summed E-state index contributed by atoms with van der Waals surface area (Å²) in [5.41, 5.74) is 1.91. The van der Waals surface area contributed by atoms with E-state index in [-0.39, 0.29) is 29.4 Å². The number of carboxylic acid groups (broad SMARTS) is 1. The Bertz CT molecular complexity index is 1270. The first-order valence-corrected chi connectivity index (χ1v) is 13.1. The molecule has 0 fully saturated rings. The maximum Gasteiger partial charge on any atom is 0.323 e. The second-order valence-corrected chi connectivity index (χ2v) is 10.4. The van der Waals surface area contributed by atoms with Crippen LogP contribution in [0.3, 0.4) is 0 Å². The summed E-state index contributed by atoms with van der Waals surface area (Å²) in [7, 11) is -4.17. The number of amides is 2. The zero-order chi connectivity index (χ0) is 27.2. The van der Waals surface area contributed by atoms with Crippen molar-refractivity contribution in [1.82, 2.24) is 20.0 Å². The van der Waals surface area contributed by atoms with Crippen LogP contribution in [0, 0.1) is 20.8 Å². The number of hydrogen-bond acceptors (Lipinski definition) is 8. The van der Waals surface area contributed by atoms with Gasteiger partial charge in [-0.2, -0.15) is 4.72 Å². The molecule has 2 aromatic rings. The van der Waals surface area contributed by atoms with E-state index in [0.29, 0.717) is 29.9 Å². The Hall–Kier alpha value is -3.78. The van der Waals surface area contributed by atoms with E-state index in [1.165, 1.54) is 6.20 Å². The summed E-state index contributed by atoms with van der Waals surface area (Å²) >= 11 is 0. The number of oxime groups is 1. The van der Waals surface area contributed by atoms with E-state index in [1.807, 2.05) is 6.92 Å². The number of aliphatic carboxylic acids is 1. The predicted octanol–water partition coefficient (Wildman–Crippen LogP) is 1.14. The van der Waals surface area contributed by atoms with Crippen molar-refractivity contribution in [1.29, 1.82) is 0 Å². The van der Waals surface area contributed by atoms with Gasteiger partial charge in [0.1, 0.15) is 17.9 Å². The van der Waals surface area contributed by atoms with E-state index >= 15 is 0 Å². The molecule has 1 aliphatic rings. The molecule has 0 saturated heterocycles. The molecule has 0 spiro atoms. The van der Waals surface area contributed by atoms with E-state index in [2.05, 4.69) is 30.5 Å². The number of carboxylic acids is 1. The van der Waals surface area contributed by atoms with Gasteiger partial charge in [0.05, 0.1) is 4.90 Å². The second kappa shape index (κ2) is 12.0. The first-order chi connectivity index (χ1) is 17.5. The third-order valence-electron chi connectivity index (χ3n) is 5.62. The average Bonchev–Trinajstić information content (AvgIpc) is 3.47. The molecule has 1 aromatic carbocycles. The molecule has 3 rings (SSSR count). The number of hydrogen-bond donors (Lipinski definition) is 5. The smallest absolute Gasteiger partial charge is 0.323 e. The summed E-state index contributed by atoms with van der Waals surface area (Å²) in [5, 5.41) is 18.3. The number of carbonyl (C=O) groups is 3. The van der Waals surface area contributed by atoms with Crippen molar-refractivity contribution < 1.29 is 32.7 Å². The van der Waals surface area contributed by atoms with Gasteiger partial charge in [0.25, 0.3) is 5.91 Å². The highest BCUT2D eigenvalue weighted by Gasteiger charge is 2.30. The molecule has 200 valence electrons. The monoisotopic (exact) mass is 534 g/mol. The van der Waals surface area contributed by atoms with Gasteiger partial charge < -0.3 is 20.2 Å². The Labute approximate surface area is 214 Å². The van der Waals surface area contributed by atoms with Gasteiger partial charge in [-0.1, -0.05) is 22.9 Å². The number of anilines is 1. The summed E-state index contributed by atoms with van der Waals surface area (Å²) in [5.74, 6) is -1.96. The maximum atomic E-state index is 12.9. The quantitative estimate of drug-likeness (QED) is 0.267. The lowest BCUT2D eigenvalue weighted by atomic mass is 10.1. The zero-order valence-corrected chi connectivity index (χ0v) is 21.5. The first-order valence-electron chi connectivity index (χ1n) is 11.6. The lowest BCUT2D eigenvalue weighted by molar-refractivity contribution is -0.138. The van der Waals surface area contributed by atoms with E-state index in [9.17, 15) is 27.9 Å². The van der Waals surface area contributed by atoms with E-state index < -0.39 is 40.6 Å². The van der Waals surface area contributed by atoms with Gasteiger partial charge in [-0.15, -0.1) is 0 Å². The summed E-state index contributed by atoms with van der Waals surface area (Å²) in [6, 6.07) is 1.79. The fourth-order valence-electron chi connectivity index (χ4n) is 4.05. The largest absolute Gasteiger partial charge is 0.480 e. The van der Waals surface area contributed by atoms with Crippen molar-refractivity contribution in [3.8, 4) is 0 Å². The lowest BCUT2D eigenvalue weighted by Gasteiger charge is -2.18. The third-order valence-corrected chi connectivity index (χ3v) is 7.39. The number of H-pyrrole nitrogens is 1. The summed E-state index contributed by atoms with van der Waals surface area (Å²) in [6.07, 6.45) is 4.07. The van der Waals surface area contributed by atoms with Crippen molar-refractivity contribution in [3.05, 3.63) is 41.2 Å². The summed E-state index contributed by atoms with van der Waals surface area (Å²) < 4.78 is 28.0. The van der Waals surface area contributed by atoms with Gasteiger partial charge in [0.15, 0.2) is 0 Å². The minimum Gasteiger partial charge on any atom is -0.480 e. The van der Waals surface area contributed by atoms with Crippen LogP contribution >= 0.6 is 0 Å². The van der Waals surface area contributed by atoms with Crippen molar-refractivity contribution in [3.63, 3.8) is 0 Å². The zero-order valence-electron chi connectivity index (χ0n) is 20.7. The molecule has 1 aliphatic heterocycles. The van der Waals surface area contributed by atoms with E-state index in [1.54, 1.807) is 32.2 Å². The van der Waals surface area contributed by atoms with Crippen LogP contribution in [-0.4, -0.2) is 65.7 Å². The molecule has 14 heteroatoms. The predicted molar refractivity (Wildman–Crippen MR) is 133 cm³/mol. The minimum atomic E-state index is -4.17. The molecule has 2 heterocycles. The Balaban J connectivity index is 1.48. The van der Waals surface area contributed by atoms with Gasteiger partial charge in [-0.05, 0) is 44.7 Å². The molecule has 37 heavy (non-hydrogen) atoms. The maximum absolute atomic E-state index is 12.9. The van der Waals surface area contributed by atoms with Gasteiger partial charge in [0, 0.05) is 31.8 Å². The number of carbonyl (C=O) groups excluding carboxylic acids is 2. The van der Waals surface area contributed by atoms with Crippen LogP contribution < -0.4 is 15.4 Å². The number of aromatic nitrogens is 2. The molecule has 0 saturated carbocycles. The standard InChI is InChI=1S/C23H30N6O7S/c1-13-9-14(2)20(15(3)10-13)37(34,35)29-18(22(32)33)12-26-21(31)17-11-16(36-28-17)5-4-6-19(30)27-23-24-7-8-25-23/h7-10,16,18,29H,4-6,11-12H2,1-3H3,(H,26,31)(H,32,33)(H2,24,25,27,30)/t16?,18-/m0/s1. The number of nitrogens with zero attached hydrogens (tertiary/aromatic N) is 2. The molecule has 0 radical (unpaired) electrons. The van der Waals surface area contributed by atoms with Crippen LogP contribution in [0.15, 0.2) is 34.6 Å². The number of rotatable bonds is 12. The molecule has 0 aliphatic carbocycles. The fraction of sp³-hybridized carbons (Fsp3) is 0.435. The molecule has 13 nitrogen and oxygen atoms in total. The van der Waals surface area contributed by atoms with Crippen molar-refractivity contribution >= 4 is 39.5 Å². The molecule has 5 N–H and O–H groups in total. The highest BCUT2D eigenvalue weighted by atomic mass is 32.2. The fourth-order valence-corrected chi connectivity index (χ4v) is 5.69. The third kappa shape index (κ3) is 7.60. The van der Waals surface area contributed by atoms with Gasteiger partial charge in [0.2, 0.25) is 21.9 Å². The van der Waals surface area contributed by atoms with E-state index in [4.69, 9.17) is 4.84 Å². The molecule has 2 amide bonds. The van der Waals surface area contributed by atoms with Crippen LogP contribution in [0.1, 0.15) is 42.4 Å². The molecular formula is C23H30N6O7S. The average molecular weight is 535 g/mol. The second-order valence-electron chi connectivity index (χ2n) is 8.80. The van der Waals surface area contributed by atoms with Crippen LogP contribution in [0.4, 0.5) is 5.95 Å². The number of benzene rings is 1. The lowest BCUT2D eigenvalue weighted by Crippen LogP contribution is -2.49. The van der Waals surface area contributed by atoms with Crippen LogP contribution in [-0.2, 0) is 29.2 Å². The molecule has 1 aromatic heterocycles. The highest BCUT2D eigenvalue weighted by molar-refractivity contribution is 7.89. The minimum absolute atomic E-state index is 0.00456. The van der Waals surface area contributed by atoms with Crippen LogP contribution in [0.5, 0.6) is 0 Å². The number of sulfonamides is 1. The molecular weight excluding hydrogens is 504 g/mol. The molecule has 0 bridgehead atoms. The number of imidazole rings is 1. The normalized spacial score (nSPS) is 16.0. The summed E-state index contributed by atoms with van der Waals surface area (Å²) in [6.45, 7) is 4.60.